The SMILES string of the molecule is CCc1nnc(CN[C@@H]2CCC[C@@H]2N2CCC(O)C2)o1. The van der Waals surface area contributed by atoms with Gasteiger partial charge in [0.05, 0.1) is 12.6 Å². The zero-order valence-corrected chi connectivity index (χ0v) is 12.1. The lowest BCUT2D eigenvalue weighted by Crippen LogP contribution is -2.46. The van der Waals surface area contributed by atoms with Crippen LogP contribution >= 0.6 is 0 Å². The summed E-state index contributed by atoms with van der Waals surface area (Å²) in [4.78, 5) is 2.43. The molecule has 0 aromatic carbocycles. The van der Waals surface area contributed by atoms with E-state index in [1.807, 2.05) is 6.92 Å². The van der Waals surface area contributed by atoms with Crippen molar-refractivity contribution in [2.45, 2.75) is 63.8 Å². The smallest absolute Gasteiger partial charge is 0.230 e. The number of likely N-dealkylation sites (tertiary alicyclic amines) is 1. The molecule has 1 aromatic rings. The van der Waals surface area contributed by atoms with E-state index >= 15 is 0 Å². The van der Waals surface area contributed by atoms with Crippen LogP contribution in [0.15, 0.2) is 4.42 Å². The molecule has 2 fully saturated rings. The summed E-state index contributed by atoms with van der Waals surface area (Å²) in [6.07, 6.45) is 5.20. The maximum Gasteiger partial charge on any atom is 0.230 e. The first-order valence-electron chi connectivity index (χ1n) is 7.73. The van der Waals surface area contributed by atoms with Crippen LogP contribution in [0.2, 0.25) is 0 Å². The molecular formula is C14H24N4O2. The van der Waals surface area contributed by atoms with E-state index < -0.39 is 0 Å². The summed E-state index contributed by atoms with van der Waals surface area (Å²) < 4.78 is 5.53. The van der Waals surface area contributed by atoms with E-state index in [4.69, 9.17) is 4.42 Å². The van der Waals surface area contributed by atoms with Crippen LogP contribution in [0.25, 0.3) is 0 Å². The van der Waals surface area contributed by atoms with E-state index in [1.54, 1.807) is 0 Å². The Balaban J connectivity index is 1.53. The Labute approximate surface area is 119 Å². The average Bonchev–Trinajstić information content (AvgIpc) is 3.16. The van der Waals surface area contributed by atoms with Gasteiger partial charge in [-0.3, -0.25) is 4.90 Å². The van der Waals surface area contributed by atoms with Gasteiger partial charge in [0.2, 0.25) is 11.8 Å². The fraction of sp³-hybridized carbons (Fsp3) is 0.857. The second-order valence-electron chi connectivity index (χ2n) is 5.87. The molecule has 1 aromatic heterocycles. The van der Waals surface area contributed by atoms with Crippen molar-refractivity contribution in [2.75, 3.05) is 13.1 Å². The minimum Gasteiger partial charge on any atom is -0.424 e. The molecule has 2 aliphatic rings. The van der Waals surface area contributed by atoms with Crippen molar-refractivity contribution in [3.63, 3.8) is 0 Å². The Morgan fingerprint density at radius 2 is 2.15 bits per heavy atom. The summed E-state index contributed by atoms with van der Waals surface area (Å²) in [5, 5.41) is 21.3. The molecule has 6 heteroatoms. The van der Waals surface area contributed by atoms with Gasteiger partial charge in [-0.05, 0) is 19.3 Å². The van der Waals surface area contributed by atoms with Crippen molar-refractivity contribution in [3.8, 4) is 0 Å². The highest BCUT2D eigenvalue weighted by molar-refractivity contribution is 4.94. The zero-order valence-electron chi connectivity index (χ0n) is 12.1. The van der Waals surface area contributed by atoms with E-state index in [9.17, 15) is 5.11 Å². The molecule has 112 valence electrons. The number of β-amino-alcohol motifs (C(OH)–C–C–N with tert-alkyl or cyclic N) is 1. The number of hydrogen-bond acceptors (Lipinski definition) is 6. The fourth-order valence-electron chi connectivity index (χ4n) is 3.41. The second-order valence-corrected chi connectivity index (χ2v) is 5.87. The quantitative estimate of drug-likeness (QED) is 0.827. The van der Waals surface area contributed by atoms with Crippen molar-refractivity contribution in [3.05, 3.63) is 11.8 Å². The highest BCUT2D eigenvalue weighted by Gasteiger charge is 2.35. The van der Waals surface area contributed by atoms with E-state index in [0.717, 1.165) is 25.9 Å². The molecule has 1 saturated heterocycles. The van der Waals surface area contributed by atoms with Gasteiger partial charge < -0.3 is 14.8 Å². The molecule has 3 atom stereocenters. The topological polar surface area (TPSA) is 74.4 Å². The Kier molecular flexibility index (Phi) is 4.33. The van der Waals surface area contributed by atoms with Crippen LogP contribution in [-0.2, 0) is 13.0 Å². The molecule has 1 saturated carbocycles. The molecule has 0 spiro atoms. The molecule has 0 bridgehead atoms. The molecule has 20 heavy (non-hydrogen) atoms. The molecule has 0 radical (unpaired) electrons. The van der Waals surface area contributed by atoms with E-state index in [1.165, 1.54) is 19.3 Å². The summed E-state index contributed by atoms with van der Waals surface area (Å²) in [6.45, 7) is 4.49. The van der Waals surface area contributed by atoms with Gasteiger partial charge in [-0.1, -0.05) is 13.3 Å². The highest BCUT2D eigenvalue weighted by atomic mass is 16.4. The van der Waals surface area contributed by atoms with Gasteiger partial charge >= 0.3 is 0 Å². The predicted molar refractivity (Wildman–Crippen MR) is 74.1 cm³/mol. The van der Waals surface area contributed by atoms with Crippen LogP contribution in [0.5, 0.6) is 0 Å². The van der Waals surface area contributed by atoms with Crippen molar-refractivity contribution in [1.29, 1.82) is 0 Å². The van der Waals surface area contributed by atoms with E-state index in [2.05, 4.69) is 20.4 Å². The lowest BCUT2D eigenvalue weighted by atomic mass is 10.1. The van der Waals surface area contributed by atoms with Crippen LogP contribution in [-0.4, -0.2) is 51.5 Å². The van der Waals surface area contributed by atoms with E-state index in [0.29, 0.717) is 30.4 Å². The summed E-state index contributed by atoms with van der Waals surface area (Å²) in [5.41, 5.74) is 0. The van der Waals surface area contributed by atoms with Crippen LogP contribution in [0.1, 0.15) is 44.4 Å². The number of nitrogens with zero attached hydrogens (tertiary/aromatic N) is 3. The lowest BCUT2D eigenvalue weighted by molar-refractivity contribution is 0.149. The first-order chi connectivity index (χ1) is 9.76. The summed E-state index contributed by atoms with van der Waals surface area (Å²) >= 11 is 0. The third-order valence-electron chi connectivity index (χ3n) is 4.47. The molecule has 2 N–H and O–H groups in total. The van der Waals surface area contributed by atoms with Gasteiger partial charge in [0.1, 0.15) is 0 Å². The standard InChI is InChI=1S/C14H24N4O2/c1-2-13-16-17-14(20-13)8-15-11-4-3-5-12(11)18-7-6-10(19)9-18/h10-12,15,19H,2-9H2,1H3/t10?,11-,12+/m1/s1. The maximum atomic E-state index is 9.69. The molecule has 1 unspecified atom stereocenters. The summed E-state index contributed by atoms with van der Waals surface area (Å²) in [7, 11) is 0. The number of aliphatic hydroxyl groups is 1. The van der Waals surface area contributed by atoms with Gasteiger partial charge in [0.15, 0.2) is 0 Å². The number of aromatic nitrogens is 2. The van der Waals surface area contributed by atoms with Crippen molar-refractivity contribution in [2.24, 2.45) is 0 Å². The highest BCUT2D eigenvalue weighted by Crippen LogP contribution is 2.27. The number of nitrogens with one attached hydrogen (secondary N) is 1. The van der Waals surface area contributed by atoms with Gasteiger partial charge in [-0.2, -0.15) is 0 Å². The number of hydrogen-bond donors (Lipinski definition) is 2. The molecule has 1 aliphatic heterocycles. The Morgan fingerprint density at radius 1 is 1.30 bits per heavy atom. The van der Waals surface area contributed by atoms with Gasteiger partial charge in [0, 0.05) is 31.6 Å². The Morgan fingerprint density at radius 3 is 2.85 bits per heavy atom. The normalized spacial score (nSPS) is 31.2. The second kappa shape index (κ2) is 6.20. The Hall–Kier alpha value is -0.980. The third kappa shape index (κ3) is 3.02. The van der Waals surface area contributed by atoms with Crippen LogP contribution in [0.4, 0.5) is 0 Å². The minimum atomic E-state index is -0.140. The van der Waals surface area contributed by atoms with Gasteiger partial charge in [-0.15, -0.1) is 10.2 Å². The molecule has 6 nitrogen and oxygen atoms in total. The van der Waals surface area contributed by atoms with Crippen LogP contribution < -0.4 is 5.32 Å². The minimum absolute atomic E-state index is 0.140. The molecule has 1 aliphatic carbocycles. The zero-order chi connectivity index (χ0) is 13.9. The largest absolute Gasteiger partial charge is 0.424 e. The lowest BCUT2D eigenvalue weighted by Gasteiger charge is -2.29. The average molecular weight is 280 g/mol. The van der Waals surface area contributed by atoms with Crippen LogP contribution in [0.3, 0.4) is 0 Å². The number of rotatable bonds is 5. The summed E-state index contributed by atoms with van der Waals surface area (Å²) in [6, 6.07) is 1.01. The fourth-order valence-corrected chi connectivity index (χ4v) is 3.41. The van der Waals surface area contributed by atoms with Crippen molar-refractivity contribution >= 4 is 0 Å². The predicted octanol–water partition coefficient (Wildman–Crippen LogP) is 0.709. The molecule has 2 heterocycles. The monoisotopic (exact) mass is 280 g/mol. The molecular weight excluding hydrogens is 256 g/mol. The van der Waals surface area contributed by atoms with Gasteiger partial charge in [-0.25, -0.2) is 0 Å². The Bertz CT molecular complexity index is 437. The first kappa shape index (κ1) is 14.0. The summed E-state index contributed by atoms with van der Waals surface area (Å²) in [5.74, 6) is 1.38. The first-order valence-corrected chi connectivity index (χ1v) is 7.73. The third-order valence-corrected chi connectivity index (χ3v) is 4.47. The van der Waals surface area contributed by atoms with Crippen molar-refractivity contribution in [1.82, 2.24) is 20.4 Å². The molecule has 3 rings (SSSR count). The van der Waals surface area contributed by atoms with Crippen molar-refractivity contribution < 1.29 is 9.52 Å². The van der Waals surface area contributed by atoms with Gasteiger partial charge in [0.25, 0.3) is 0 Å². The number of aliphatic hydroxyl groups excluding tert-OH is 1. The van der Waals surface area contributed by atoms with E-state index in [-0.39, 0.29) is 6.10 Å². The maximum absolute atomic E-state index is 9.69. The van der Waals surface area contributed by atoms with Crippen LogP contribution in [0, 0.1) is 0 Å². The molecule has 0 amide bonds. The number of aryl methyl sites for hydroxylation is 1.